The van der Waals surface area contributed by atoms with E-state index in [4.69, 9.17) is 4.74 Å². The Balaban J connectivity index is 1.76. The summed E-state index contributed by atoms with van der Waals surface area (Å²) in [5, 5.41) is 0. The van der Waals surface area contributed by atoms with E-state index in [1.807, 2.05) is 41.8 Å². The molecule has 142 valence electrons. The highest BCUT2D eigenvalue weighted by atomic mass is 19.4. The third kappa shape index (κ3) is 4.21. The zero-order chi connectivity index (χ0) is 19.6. The van der Waals surface area contributed by atoms with E-state index in [-0.39, 0.29) is 12.4 Å². The van der Waals surface area contributed by atoms with Crippen LogP contribution >= 0.6 is 0 Å². The average molecular weight is 377 g/mol. The molecule has 0 aliphatic rings. The number of aryl methyl sites for hydroxylation is 1. The molecular formula is C19H18F3N3O2. The first-order valence-electron chi connectivity index (χ1n) is 8.24. The molecule has 0 saturated heterocycles. The summed E-state index contributed by atoms with van der Waals surface area (Å²) in [6, 6.07) is 11.2. The lowest BCUT2D eigenvalue weighted by atomic mass is 10.2. The first-order chi connectivity index (χ1) is 12.8. The number of alkyl halides is 3. The van der Waals surface area contributed by atoms with Gasteiger partial charge in [0.2, 0.25) is 0 Å². The summed E-state index contributed by atoms with van der Waals surface area (Å²) >= 11 is 0. The maximum atomic E-state index is 12.6. The number of esters is 1. The molecule has 0 N–H and O–H groups in total. The lowest BCUT2D eigenvalue weighted by Crippen LogP contribution is -2.20. The van der Waals surface area contributed by atoms with Gasteiger partial charge < -0.3 is 13.9 Å². The number of benzene rings is 1. The molecule has 8 heteroatoms. The molecule has 3 rings (SSSR count). The quantitative estimate of drug-likeness (QED) is 0.626. The molecule has 27 heavy (non-hydrogen) atoms. The van der Waals surface area contributed by atoms with Crippen LogP contribution in [0.2, 0.25) is 0 Å². The molecule has 1 aromatic carbocycles. The second-order valence-corrected chi connectivity index (χ2v) is 6.12. The van der Waals surface area contributed by atoms with Gasteiger partial charge in [-0.3, -0.25) is 0 Å². The Morgan fingerprint density at radius 2 is 1.89 bits per heavy atom. The molecule has 0 aliphatic carbocycles. The van der Waals surface area contributed by atoms with Gasteiger partial charge in [-0.15, -0.1) is 0 Å². The largest absolute Gasteiger partial charge is 0.454 e. The van der Waals surface area contributed by atoms with Crippen LogP contribution in [-0.2, 0) is 17.9 Å². The number of ether oxygens (including phenoxy) is 1. The second-order valence-electron chi connectivity index (χ2n) is 6.12. The van der Waals surface area contributed by atoms with Crippen LogP contribution in [0, 0.1) is 13.8 Å². The zero-order valence-electron chi connectivity index (χ0n) is 14.8. The minimum Gasteiger partial charge on any atom is -0.454 e. The number of hydrogen-bond acceptors (Lipinski definition) is 3. The smallest absolute Gasteiger partial charge is 0.406 e. The van der Waals surface area contributed by atoms with Crippen molar-refractivity contribution in [3.05, 3.63) is 71.6 Å². The lowest BCUT2D eigenvalue weighted by Gasteiger charge is -2.11. The van der Waals surface area contributed by atoms with Gasteiger partial charge in [0, 0.05) is 29.5 Å². The number of hydrogen-bond donors (Lipinski definition) is 0. The fourth-order valence-corrected chi connectivity index (χ4v) is 2.97. The maximum Gasteiger partial charge on any atom is 0.406 e. The summed E-state index contributed by atoms with van der Waals surface area (Å²) in [4.78, 5) is 16.3. The number of carbonyl (C=O) groups excluding carboxylic acids is 1. The first-order valence-corrected chi connectivity index (χ1v) is 8.24. The third-order valence-corrected chi connectivity index (χ3v) is 4.15. The molecule has 2 aromatic heterocycles. The van der Waals surface area contributed by atoms with Crippen molar-refractivity contribution < 1.29 is 22.7 Å². The van der Waals surface area contributed by atoms with Gasteiger partial charge in [-0.25, -0.2) is 9.78 Å². The molecule has 0 saturated carbocycles. The van der Waals surface area contributed by atoms with Gasteiger partial charge in [-0.05, 0) is 32.0 Å². The molecular weight excluding hydrogens is 359 g/mol. The molecule has 0 spiro atoms. The molecule has 0 atom stereocenters. The number of nitrogens with zero attached hydrogens (tertiary/aromatic N) is 3. The van der Waals surface area contributed by atoms with Gasteiger partial charge in [0.05, 0.1) is 5.56 Å². The van der Waals surface area contributed by atoms with Crippen LogP contribution < -0.4 is 0 Å². The Labute approximate surface area is 154 Å². The molecule has 0 amide bonds. The van der Waals surface area contributed by atoms with E-state index in [1.165, 1.54) is 12.4 Å². The molecule has 0 bridgehead atoms. The Kier molecular flexibility index (Phi) is 5.07. The summed E-state index contributed by atoms with van der Waals surface area (Å²) in [6.45, 7) is 2.15. The van der Waals surface area contributed by atoms with Gasteiger partial charge in [0.25, 0.3) is 0 Å². The van der Waals surface area contributed by atoms with Crippen molar-refractivity contribution in [3.8, 4) is 5.69 Å². The van der Waals surface area contributed by atoms with Crippen molar-refractivity contribution in [2.24, 2.45) is 0 Å². The van der Waals surface area contributed by atoms with Gasteiger partial charge in [0.15, 0.2) is 0 Å². The van der Waals surface area contributed by atoms with Gasteiger partial charge in [0.1, 0.15) is 19.0 Å². The van der Waals surface area contributed by atoms with E-state index in [9.17, 15) is 18.0 Å². The first kappa shape index (κ1) is 18.8. The number of halogens is 3. The molecule has 5 nitrogen and oxygen atoms in total. The summed E-state index contributed by atoms with van der Waals surface area (Å²) in [5.41, 5.74) is 2.82. The molecule has 3 aromatic rings. The van der Waals surface area contributed by atoms with Crippen molar-refractivity contribution >= 4 is 5.97 Å². The predicted molar refractivity (Wildman–Crippen MR) is 92.6 cm³/mol. The second kappa shape index (κ2) is 7.30. The van der Waals surface area contributed by atoms with Crippen molar-refractivity contribution in [2.45, 2.75) is 33.2 Å². The number of carbonyl (C=O) groups is 1. The van der Waals surface area contributed by atoms with E-state index < -0.39 is 18.7 Å². The van der Waals surface area contributed by atoms with Crippen LogP contribution in [0.25, 0.3) is 5.69 Å². The van der Waals surface area contributed by atoms with Crippen molar-refractivity contribution in [1.29, 1.82) is 0 Å². The van der Waals surface area contributed by atoms with E-state index in [2.05, 4.69) is 4.98 Å². The van der Waals surface area contributed by atoms with Crippen LogP contribution in [0.5, 0.6) is 0 Å². The third-order valence-electron chi connectivity index (χ3n) is 4.15. The molecule has 0 fully saturated rings. The maximum absolute atomic E-state index is 12.6. The van der Waals surface area contributed by atoms with Crippen molar-refractivity contribution in [2.75, 3.05) is 0 Å². The fourth-order valence-electron chi connectivity index (χ4n) is 2.97. The Morgan fingerprint density at radius 3 is 2.56 bits per heavy atom. The van der Waals surface area contributed by atoms with Crippen molar-refractivity contribution in [3.63, 3.8) is 0 Å². The Hall–Kier alpha value is -3.03. The van der Waals surface area contributed by atoms with E-state index in [0.29, 0.717) is 11.3 Å². The fraction of sp³-hybridized carbons (Fsp3) is 0.263. The highest BCUT2D eigenvalue weighted by Gasteiger charge is 2.29. The van der Waals surface area contributed by atoms with E-state index in [0.717, 1.165) is 15.9 Å². The summed E-state index contributed by atoms with van der Waals surface area (Å²) in [7, 11) is 0. The predicted octanol–water partition coefficient (Wildman–Crippen LogP) is 4.21. The SMILES string of the molecule is Cc1cc(C(=O)OCc2nccn2CC(F)(F)F)c(C)n1-c1ccccc1. The molecule has 0 aliphatic heterocycles. The van der Waals surface area contributed by atoms with Gasteiger partial charge >= 0.3 is 12.1 Å². The highest BCUT2D eigenvalue weighted by molar-refractivity contribution is 5.91. The Morgan fingerprint density at radius 1 is 1.19 bits per heavy atom. The van der Waals surface area contributed by atoms with E-state index >= 15 is 0 Å². The minimum absolute atomic E-state index is 0.0394. The lowest BCUT2D eigenvalue weighted by molar-refractivity contribution is -0.141. The average Bonchev–Trinajstić information content (AvgIpc) is 3.15. The monoisotopic (exact) mass is 377 g/mol. The zero-order valence-corrected chi connectivity index (χ0v) is 14.8. The normalized spacial score (nSPS) is 11.6. The van der Waals surface area contributed by atoms with Gasteiger partial charge in [-0.2, -0.15) is 13.2 Å². The molecule has 0 radical (unpaired) electrons. The van der Waals surface area contributed by atoms with Crippen molar-refractivity contribution in [1.82, 2.24) is 14.1 Å². The van der Waals surface area contributed by atoms with E-state index in [1.54, 1.807) is 13.0 Å². The summed E-state index contributed by atoms with van der Waals surface area (Å²) < 4.78 is 45.7. The molecule has 2 heterocycles. The summed E-state index contributed by atoms with van der Waals surface area (Å²) in [6.07, 6.45) is -1.92. The Bertz CT molecular complexity index is 943. The number of imidazole rings is 1. The minimum atomic E-state index is -4.37. The van der Waals surface area contributed by atoms with Gasteiger partial charge in [-0.1, -0.05) is 18.2 Å². The van der Waals surface area contributed by atoms with Crippen LogP contribution in [-0.4, -0.2) is 26.3 Å². The highest BCUT2D eigenvalue weighted by Crippen LogP contribution is 2.22. The number of rotatable bonds is 5. The van der Waals surface area contributed by atoms with Crippen LogP contribution in [0.15, 0.2) is 48.8 Å². The standard InChI is InChI=1S/C19H18F3N3O2/c1-13-10-16(14(2)25(13)15-6-4-3-5-7-15)18(26)27-11-17-23-8-9-24(17)12-19(20,21)22/h3-10H,11-12H2,1-2H3. The topological polar surface area (TPSA) is 49.0 Å². The van der Waals surface area contributed by atoms with Crippen LogP contribution in [0.1, 0.15) is 27.6 Å². The summed E-state index contributed by atoms with van der Waals surface area (Å²) in [5.74, 6) is -0.565. The number of aromatic nitrogens is 3. The number of para-hydroxylation sites is 1. The molecule has 0 unspecified atom stereocenters. The van der Waals surface area contributed by atoms with Crippen LogP contribution in [0.4, 0.5) is 13.2 Å². The van der Waals surface area contributed by atoms with Crippen LogP contribution in [0.3, 0.4) is 0 Å².